The molecule has 1 atom stereocenters. The minimum absolute atomic E-state index is 0.542. The van der Waals surface area contributed by atoms with Crippen LogP contribution in [0.25, 0.3) is 0 Å². The molecular weight excluding hydrogens is 174 g/mol. The van der Waals surface area contributed by atoms with E-state index in [2.05, 4.69) is 31.2 Å². The molecular formula is C12H15NO. The van der Waals surface area contributed by atoms with Gasteiger partial charge in [-0.2, -0.15) is 0 Å². The Bertz CT molecular complexity index is 335. The lowest BCUT2D eigenvalue weighted by Gasteiger charge is -2.11. The van der Waals surface area contributed by atoms with Crippen molar-refractivity contribution < 1.29 is 4.79 Å². The molecule has 1 aromatic rings. The van der Waals surface area contributed by atoms with Crippen molar-refractivity contribution in [3.8, 4) is 0 Å². The number of carbonyl (C=O) groups excluding carboxylic acids is 1. The van der Waals surface area contributed by atoms with Gasteiger partial charge in [0.05, 0.1) is 0 Å². The first kappa shape index (κ1) is 9.25. The molecule has 2 rings (SSSR count). The summed E-state index contributed by atoms with van der Waals surface area (Å²) < 4.78 is 0. The summed E-state index contributed by atoms with van der Waals surface area (Å²) in [4.78, 5) is 12.4. The number of hydrogen-bond donors (Lipinski definition) is 0. The van der Waals surface area contributed by atoms with Gasteiger partial charge in [0.2, 0.25) is 6.41 Å². The topological polar surface area (TPSA) is 20.3 Å². The minimum Gasteiger partial charge on any atom is -0.345 e. The molecule has 14 heavy (non-hydrogen) atoms. The Hall–Kier alpha value is -1.31. The predicted octanol–water partition coefficient (Wildman–Crippen LogP) is 1.94. The molecule has 2 nitrogen and oxygen atoms in total. The first-order valence-corrected chi connectivity index (χ1v) is 5.05. The predicted molar refractivity (Wildman–Crippen MR) is 56.2 cm³/mol. The van der Waals surface area contributed by atoms with E-state index in [1.54, 1.807) is 0 Å². The van der Waals surface area contributed by atoms with E-state index >= 15 is 0 Å². The summed E-state index contributed by atoms with van der Waals surface area (Å²) in [6.45, 7) is 3.89. The van der Waals surface area contributed by atoms with E-state index in [4.69, 9.17) is 0 Å². The van der Waals surface area contributed by atoms with Gasteiger partial charge in [-0.05, 0) is 18.9 Å². The van der Waals surface area contributed by atoms with E-state index in [1.807, 2.05) is 4.90 Å². The summed E-state index contributed by atoms with van der Waals surface area (Å²) in [6.07, 6.45) is 2.05. The Morgan fingerprint density at radius 3 is 3.00 bits per heavy atom. The lowest BCUT2D eigenvalue weighted by molar-refractivity contribution is -0.117. The molecule has 1 aromatic carbocycles. The van der Waals surface area contributed by atoms with Crippen LogP contribution < -0.4 is 0 Å². The molecule has 0 radical (unpaired) electrons. The van der Waals surface area contributed by atoms with E-state index in [0.717, 1.165) is 25.9 Å². The molecule has 2 heteroatoms. The molecule has 0 spiro atoms. The fraction of sp³-hybridized carbons (Fsp3) is 0.417. The smallest absolute Gasteiger partial charge is 0.209 e. The molecule has 1 heterocycles. The summed E-state index contributed by atoms with van der Waals surface area (Å²) >= 11 is 0. The second-order valence-corrected chi connectivity index (χ2v) is 4.00. The van der Waals surface area contributed by atoms with E-state index < -0.39 is 0 Å². The van der Waals surface area contributed by atoms with Crippen LogP contribution in [0.15, 0.2) is 24.3 Å². The van der Waals surface area contributed by atoms with Gasteiger partial charge >= 0.3 is 0 Å². The number of amides is 1. The molecule has 0 bridgehead atoms. The SMILES string of the molecule is Cc1cccc(C2CCN(C=O)C2)c1. The molecule has 74 valence electrons. The van der Waals surface area contributed by atoms with Gasteiger partial charge in [-0.15, -0.1) is 0 Å². The number of nitrogens with zero attached hydrogens (tertiary/aromatic N) is 1. The first-order chi connectivity index (χ1) is 6.79. The van der Waals surface area contributed by atoms with Crippen LogP contribution in [0, 0.1) is 6.92 Å². The Labute approximate surface area is 84.5 Å². The van der Waals surface area contributed by atoms with Crippen molar-refractivity contribution in [3.05, 3.63) is 35.4 Å². The normalized spacial score (nSPS) is 21.2. The van der Waals surface area contributed by atoms with Crippen LogP contribution in [-0.4, -0.2) is 24.4 Å². The Balaban J connectivity index is 2.13. The van der Waals surface area contributed by atoms with E-state index in [1.165, 1.54) is 11.1 Å². The van der Waals surface area contributed by atoms with Gasteiger partial charge in [-0.3, -0.25) is 4.79 Å². The largest absolute Gasteiger partial charge is 0.345 e. The van der Waals surface area contributed by atoms with Crippen molar-refractivity contribution in [3.63, 3.8) is 0 Å². The van der Waals surface area contributed by atoms with Crippen LogP contribution in [0.4, 0.5) is 0 Å². The Kier molecular flexibility index (Phi) is 2.53. The van der Waals surface area contributed by atoms with Gasteiger partial charge < -0.3 is 4.90 Å². The molecule has 1 amide bonds. The van der Waals surface area contributed by atoms with Crippen LogP contribution in [0.1, 0.15) is 23.5 Å². The van der Waals surface area contributed by atoms with E-state index in [9.17, 15) is 4.79 Å². The third kappa shape index (κ3) is 1.79. The molecule has 1 unspecified atom stereocenters. The average molecular weight is 189 g/mol. The number of likely N-dealkylation sites (tertiary alicyclic amines) is 1. The average Bonchev–Trinajstić information content (AvgIpc) is 2.66. The zero-order chi connectivity index (χ0) is 9.97. The molecule has 0 N–H and O–H groups in total. The van der Waals surface area contributed by atoms with Crippen LogP contribution in [0.3, 0.4) is 0 Å². The minimum atomic E-state index is 0.542. The van der Waals surface area contributed by atoms with Crippen molar-refractivity contribution in [1.82, 2.24) is 4.90 Å². The van der Waals surface area contributed by atoms with Gasteiger partial charge in [0.1, 0.15) is 0 Å². The van der Waals surface area contributed by atoms with Crippen molar-refractivity contribution in [2.45, 2.75) is 19.3 Å². The summed E-state index contributed by atoms with van der Waals surface area (Å²) in [5.41, 5.74) is 2.67. The maximum Gasteiger partial charge on any atom is 0.209 e. The zero-order valence-corrected chi connectivity index (χ0v) is 8.44. The highest BCUT2D eigenvalue weighted by Gasteiger charge is 2.22. The van der Waals surface area contributed by atoms with E-state index in [0.29, 0.717) is 5.92 Å². The molecule has 0 saturated carbocycles. The summed E-state index contributed by atoms with van der Waals surface area (Å²) in [5, 5.41) is 0. The maximum absolute atomic E-state index is 10.6. The molecule has 1 saturated heterocycles. The number of carbonyl (C=O) groups is 1. The van der Waals surface area contributed by atoms with Crippen molar-refractivity contribution in [1.29, 1.82) is 0 Å². The fourth-order valence-corrected chi connectivity index (χ4v) is 2.08. The molecule has 1 aliphatic heterocycles. The lowest BCUT2D eigenvalue weighted by Crippen LogP contribution is -2.17. The standard InChI is InChI=1S/C12H15NO/c1-10-3-2-4-11(7-10)12-5-6-13(8-12)9-14/h2-4,7,9,12H,5-6,8H2,1H3. The van der Waals surface area contributed by atoms with Gasteiger partial charge in [-0.1, -0.05) is 29.8 Å². The van der Waals surface area contributed by atoms with Gasteiger partial charge in [0.25, 0.3) is 0 Å². The third-order valence-corrected chi connectivity index (χ3v) is 2.88. The quantitative estimate of drug-likeness (QED) is 0.651. The lowest BCUT2D eigenvalue weighted by atomic mass is 9.97. The second kappa shape index (κ2) is 3.82. The van der Waals surface area contributed by atoms with Crippen molar-refractivity contribution >= 4 is 6.41 Å². The highest BCUT2D eigenvalue weighted by molar-refractivity contribution is 5.48. The first-order valence-electron chi connectivity index (χ1n) is 5.05. The van der Waals surface area contributed by atoms with Crippen LogP contribution in [-0.2, 0) is 4.79 Å². The van der Waals surface area contributed by atoms with Gasteiger partial charge in [0.15, 0.2) is 0 Å². The number of aryl methyl sites for hydroxylation is 1. The summed E-state index contributed by atoms with van der Waals surface area (Å²) in [6, 6.07) is 8.58. The fourth-order valence-electron chi connectivity index (χ4n) is 2.08. The summed E-state index contributed by atoms with van der Waals surface area (Å²) in [7, 11) is 0. The molecule has 1 fully saturated rings. The van der Waals surface area contributed by atoms with E-state index in [-0.39, 0.29) is 0 Å². The molecule has 1 aliphatic rings. The molecule has 0 aliphatic carbocycles. The molecule has 0 aromatic heterocycles. The maximum atomic E-state index is 10.6. The zero-order valence-electron chi connectivity index (χ0n) is 8.44. The number of rotatable bonds is 2. The second-order valence-electron chi connectivity index (χ2n) is 4.00. The Morgan fingerprint density at radius 1 is 1.50 bits per heavy atom. The highest BCUT2D eigenvalue weighted by atomic mass is 16.1. The van der Waals surface area contributed by atoms with Crippen LogP contribution >= 0.6 is 0 Å². The third-order valence-electron chi connectivity index (χ3n) is 2.88. The summed E-state index contributed by atoms with van der Waals surface area (Å²) in [5.74, 6) is 0.542. The van der Waals surface area contributed by atoms with Crippen LogP contribution in [0.2, 0.25) is 0 Å². The monoisotopic (exact) mass is 189 g/mol. The highest BCUT2D eigenvalue weighted by Crippen LogP contribution is 2.26. The van der Waals surface area contributed by atoms with Gasteiger partial charge in [-0.25, -0.2) is 0 Å². The Morgan fingerprint density at radius 2 is 2.36 bits per heavy atom. The van der Waals surface area contributed by atoms with Crippen molar-refractivity contribution in [2.24, 2.45) is 0 Å². The number of hydrogen-bond acceptors (Lipinski definition) is 1. The number of benzene rings is 1. The van der Waals surface area contributed by atoms with Crippen LogP contribution in [0.5, 0.6) is 0 Å². The van der Waals surface area contributed by atoms with Gasteiger partial charge in [0, 0.05) is 19.0 Å². The van der Waals surface area contributed by atoms with Crippen molar-refractivity contribution in [2.75, 3.05) is 13.1 Å².